The predicted molar refractivity (Wildman–Crippen MR) is 154 cm³/mol. The summed E-state index contributed by atoms with van der Waals surface area (Å²) in [7, 11) is -10.3. The van der Waals surface area contributed by atoms with Gasteiger partial charge in [0.25, 0.3) is 9.84 Å². The highest BCUT2D eigenvalue weighted by atomic mass is 32.2. The first kappa shape index (κ1) is 33.6. The average molecular weight is 639 g/mol. The zero-order valence-corrected chi connectivity index (χ0v) is 25.5. The first-order valence-electron chi connectivity index (χ1n) is 13.2. The molecule has 2 aromatic rings. The Morgan fingerprint density at radius 1 is 1.12 bits per heavy atom. The van der Waals surface area contributed by atoms with E-state index >= 15 is 0 Å². The molecule has 41 heavy (non-hydrogen) atoms. The SMILES string of the molecule is CCN(CC)C[C@@H]1CN(CC[C@H](CSc2ccccc2)Nc2ccc(S(N)(=O)=O)cc2S(=O)(=O)C(F)(F)F)CCO1. The highest BCUT2D eigenvalue weighted by Gasteiger charge is 2.48. The Kier molecular flexibility index (Phi) is 11.9. The number of primary sulfonamides is 1. The number of sulfone groups is 1. The molecule has 1 fully saturated rings. The van der Waals surface area contributed by atoms with Crippen molar-refractivity contribution in [1.82, 2.24) is 9.80 Å². The first-order valence-corrected chi connectivity index (χ1v) is 17.2. The number of morpholine rings is 1. The Morgan fingerprint density at radius 2 is 1.80 bits per heavy atom. The first-order chi connectivity index (χ1) is 19.2. The molecule has 3 rings (SSSR count). The Balaban J connectivity index is 1.85. The number of hydrogen-bond donors (Lipinski definition) is 2. The maximum atomic E-state index is 13.6. The van der Waals surface area contributed by atoms with Gasteiger partial charge in [0.05, 0.1) is 23.3 Å². The number of nitrogens with two attached hydrogens (primary N) is 1. The van der Waals surface area contributed by atoms with Crippen molar-refractivity contribution in [2.75, 3.05) is 56.9 Å². The molecule has 1 heterocycles. The molecule has 0 aliphatic carbocycles. The van der Waals surface area contributed by atoms with Crippen LogP contribution in [-0.4, -0.2) is 95.9 Å². The van der Waals surface area contributed by atoms with Crippen molar-refractivity contribution in [3.05, 3.63) is 48.5 Å². The summed E-state index contributed by atoms with van der Waals surface area (Å²) in [6.45, 7) is 9.35. The number of alkyl halides is 3. The molecule has 1 saturated heterocycles. The quantitative estimate of drug-likeness (QED) is 0.299. The van der Waals surface area contributed by atoms with Gasteiger partial charge in [0.15, 0.2) is 0 Å². The summed E-state index contributed by atoms with van der Waals surface area (Å²) >= 11 is 1.48. The van der Waals surface area contributed by atoms with Gasteiger partial charge in [0.1, 0.15) is 4.90 Å². The van der Waals surface area contributed by atoms with Crippen LogP contribution in [0.25, 0.3) is 0 Å². The molecule has 2 aromatic carbocycles. The summed E-state index contributed by atoms with van der Waals surface area (Å²) in [6.07, 6.45) is 0.517. The van der Waals surface area contributed by atoms with E-state index < -0.39 is 41.2 Å². The third-order valence-electron chi connectivity index (χ3n) is 6.80. The minimum absolute atomic E-state index is 0.0306. The summed E-state index contributed by atoms with van der Waals surface area (Å²) in [5.41, 5.74) is -5.97. The molecule has 0 spiro atoms. The lowest BCUT2D eigenvalue weighted by Crippen LogP contribution is -2.48. The van der Waals surface area contributed by atoms with E-state index in [1.807, 2.05) is 30.3 Å². The van der Waals surface area contributed by atoms with Crippen molar-refractivity contribution in [3.63, 3.8) is 0 Å². The molecule has 1 aliphatic rings. The summed E-state index contributed by atoms with van der Waals surface area (Å²) in [5.74, 6) is 0.416. The number of nitrogens with zero attached hydrogens (tertiary/aromatic N) is 2. The van der Waals surface area contributed by atoms with Crippen LogP contribution < -0.4 is 10.5 Å². The van der Waals surface area contributed by atoms with E-state index in [0.717, 1.165) is 36.7 Å². The van der Waals surface area contributed by atoms with Crippen molar-refractivity contribution >= 4 is 37.3 Å². The molecule has 15 heteroatoms. The molecule has 0 saturated carbocycles. The van der Waals surface area contributed by atoms with E-state index in [4.69, 9.17) is 9.88 Å². The number of nitrogens with one attached hydrogen (secondary N) is 1. The van der Waals surface area contributed by atoms with Crippen LogP contribution in [0.5, 0.6) is 0 Å². The van der Waals surface area contributed by atoms with E-state index in [9.17, 15) is 30.0 Å². The maximum Gasteiger partial charge on any atom is 0.501 e. The molecule has 3 N–H and O–H groups in total. The van der Waals surface area contributed by atoms with Crippen molar-refractivity contribution in [2.45, 2.75) is 52.6 Å². The van der Waals surface area contributed by atoms with Crippen LogP contribution in [-0.2, 0) is 24.6 Å². The fourth-order valence-electron chi connectivity index (χ4n) is 4.48. The van der Waals surface area contributed by atoms with Crippen molar-refractivity contribution in [1.29, 1.82) is 0 Å². The summed E-state index contributed by atoms with van der Waals surface area (Å²) in [4.78, 5) is 3.54. The van der Waals surface area contributed by atoms with Gasteiger partial charge < -0.3 is 15.0 Å². The Hall–Kier alpha value is -1.88. The number of sulfonamides is 1. The number of ether oxygens (including phenoxy) is 1. The van der Waals surface area contributed by atoms with E-state index in [2.05, 4.69) is 29.0 Å². The lowest BCUT2D eigenvalue weighted by atomic mass is 10.1. The van der Waals surface area contributed by atoms with E-state index in [0.29, 0.717) is 44.5 Å². The van der Waals surface area contributed by atoms with Crippen molar-refractivity contribution < 1.29 is 34.7 Å². The van der Waals surface area contributed by atoms with Crippen molar-refractivity contribution in [2.24, 2.45) is 5.14 Å². The van der Waals surface area contributed by atoms with Crippen LogP contribution in [0, 0.1) is 0 Å². The standard InChI is InChI=1S/C26H37F3N4O5S3/c1-3-32(4-2)17-21-18-33(14-15-38-21)13-12-20(19-39-22-8-6-5-7-9-22)31-24-11-10-23(41(30,36)37)16-25(24)40(34,35)26(27,28)29/h5-11,16,20-21,31H,3-4,12-15,17-19H2,1-2H3,(H2,30,36,37)/t20-,21-/m1/s1. The molecular weight excluding hydrogens is 602 g/mol. The Bertz CT molecular complexity index is 1340. The summed E-state index contributed by atoms with van der Waals surface area (Å²) in [6, 6.07) is 11.4. The topological polar surface area (TPSA) is 122 Å². The third kappa shape index (κ3) is 9.56. The Morgan fingerprint density at radius 3 is 2.41 bits per heavy atom. The number of benzene rings is 2. The molecule has 230 valence electrons. The number of rotatable bonds is 14. The molecule has 9 nitrogen and oxygen atoms in total. The smallest absolute Gasteiger partial charge is 0.380 e. The van der Waals surface area contributed by atoms with Gasteiger partial charge in [-0.3, -0.25) is 4.90 Å². The number of hydrogen-bond acceptors (Lipinski definition) is 9. The molecule has 0 unspecified atom stereocenters. The van der Waals surface area contributed by atoms with Gasteiger partial charge in [-0.25, -0.2) is 22.0 Å². The second-order valence-corrected chi connectivity index (χ2v) is 14.2. The van der Waals surface area contributed by atoms with Crippen LogP contribution in [0.2, 0.25) is 0 Å². The second-order valence-electron chi connectivity index (χ2n) is 9.69. The molecule has 0 amide bonds. The van der Waals surface area contributed by atoms with E-state index in [1.54, 1.807) is 0 Å². The molecule has 0 aromatic heterocycles. The molecule has 2 atom stereocenters. The van der Waals surface area contributed by atoms with E-state index in [-0.39, 0.29) is 11.8 Å². The summed E-state index contributed by atoms with van der Waals surface area (Å²) < 4.78 is 95.3. The molecular formula is C26H37F3N4O5S3. The molecule has 0 radical (unpaired) electrons. The molecule has 1 aliphatic heterocycles. The Labute approximate surface area is 244 Å². The maximum absolute atomic E-state index is 13.6. The van der Waals surface area contributed by atoms with Gasteiger partial charge in [-0.15, -0.1) is 11.8 Å². The predicted octanol–water partition coefficient (Wildman–Crippen LogP) is 3.63. The monoisotopic (exact) mass is 638 g/mol. The number of likely N-dealkylation sites (N-methyl/N-ethyl adjacent to an activating group) is 1. The molecule has 0 bridgehead atoms. The van der Waals surface area contributed by atoms with Gasteiger partial charge in [-0.1, -0.05) is 32.0 Å². The van der Waals surface area contributed by atoms with Crippen molar-refractivity contribution in [3.8, 4) is 0 Å². The second kappa shape index (κ2) is 14.5. The lowest BCUT2D eigenvalue weighted by Gasteiger charge is -2.36. The van der Waals surface area contributed by atoms with Gasteiger partial charge in [-0.05, 0) is 49.8 Å². The largest absolute Gasteiger partial charge is 0.501 e. The number of halogens is 3. The third-order valence-corrected chi connectivity index (χ3v) is 10.4. The minimum Gasteiger partial charge on any atom is -0.380 e. The minimum atomic E-state index is -5.88. The van der Waals surface area contributed by atoms with Gasteiger partial charge >= 0.3 is 5.51 Å². The van der Waals surface area contributed by atoms with Gasteiger partial charge in [0, 0.05) is 42.9 Å². The number of thioether (sulfide) groups is 1. The highest BCUT2D eigenvalue weighted by molar-refractivity contribution is 7.99. The number of anilines is 1. The van der Waals surface area contributed by atoms with Crippen LogP contribution in [0.3, 0.4) is 0 Å². The van der Waals surface area contributed by atoms with Crippen LogP contribution in [0.15, 0.2) is 63.2 Å². The van der Waals surface area contributed by atoms with Crippen LogP contribution >= 0.6 is 11.8 Å². The highest BCUT2D eigenvalue weighted by Crippen LogP contribution is 2.36. The normalized spacial score (nSPS) is 18.0. The van der Waals surface area contributed by atoms with Gasteiger partial charge in [0.2, 0.25) is 10.0 Å². The van der Waals surface area contributed by atoms with E-state index in [1.165, 1.54) is 11.8 Å². The van der Waals surface area contributed by atoms with Crippen LogP contribution in [0.1, 0.15) is 20.3 Å². The fourth-order valence-corrected chi connectivity index (χ4v) is 7.03. The zero-order valence-electron chi connectivity index (χ0n) is 23.0. The fraction of sp³-hybridized carbons (Fsp3) is 0.538. The lowest BCUT2D eigenvalue weighted by molar-refractivity contribution is -0.0436. The zero-order chi connectivity index (χ0) is 30.3. The summed E-state index contributed by atoms with van der Waals surface area (Å²) in [5, 5.41) is 8.06. The van der Waals surface area contributed by atoms with Gasteiger partial charge in [-0.2, -0.15) is 13.2 Å². The average Bonchev–Trinajstić information content (AvgIpc) is 2.92. The van der Waals surface area contributed by atoms with Crippen LogP contribution in [0.4, 0.5) is 18.9 Å².